The maximum Gasteiger partial charge on any atom is 0.264 e. The first-order valence-corrected chi connectivity index (χ1v) is 6.21. The van der Waals surface area contributed by atoms with E-state index in [0.29, 0.717) is 18.8 Å². The molecule has 0 radical (unpaired) electrons. The van der Waals surface area contributed by atoms with Gasteiger partial charge in [-0.1, -0.05) is 6.07 Å². The quantitative estimate of drug-likeness (QED) is 0.579. The van der Waals surface area contributed by atoms with Gasteiger partial charge in [0.25, 0.3) is 5.91 Å². The van der Waals surface area contributed by atoms with Gasteiger partial charge in [0.2, 0.25) is 0 Å². The number of piperazine rings is 1. The molecule has 0 N–H and O–H groups in total. The Balaban J connectivity index is 2.12. The van der Waals surface area contributed by atoms with Crippen LogP contribution in [-0.4, -0.2) is 53.9 Å². The molecular weight excluding hydrogens is 240 g/mol. The lowest BCUT2D eigenvalue weighted by Crippen LogP contribution is -2.47. The molecule has 0 unspecified atom stereocenters. The lowest BCUT2D eigenvalue weighted by atomic mass is 10.2. The number of amides is 1. The summed E-state index contributed by atoms with van der Waals surface area (Å²) in [5.41, 5.74) is 0.768. The second-order valence-electron chi connectivity index (χ2n) is 4.52. The number of nitriles is 1. The predicted molar refractivity (Wildman–Crippen MR) is 71.9 cm³/mol. The van der Waals surface area contributed by atoms with E-state index in [4.69, 9.17) is 5.26 Å². The number of carbonyl (C=O) groups excluding carboxylic acids is 1. The van der Waals surface area contributed by atoms with Crippen LogP contribution in [0.2, 0.25) is 0 Å². The summed E-state index contributed by atoms with van der Waals surface area (Å²) in [6.07, 6.45) is 3.18. The monoisotopic (exact) mass is 256 g/mol. The van der Waals surface area contributed by atoms with Crippen molar-refractivity contribution in [2.24, 2.45) is 0 Å². The molecule has 1 amide bonds. The fourth-order valence-corrected chi connectivity index (χ4v) is 1.93. The first-order chi connectivity index (χ1) is 9.20. The minimum atomic E-state index is -0.207. The van der Waals surface area contributed by atoms with Crippen molar-refractivity contribution in [3.8, 4) is 6.07 Å². The second-order valence-corrected chi connectivity index (χ2v) is 4.52. The van der Waals surface area contributed by atoms with E-state index in [1.807, 2.05) is 19.2 Å². The topological polar surface area (TPSA) is 60.2 Å². The normalized spacial score (nSPS) is 17.1. The van der Waals surface area contributed by atoms with Gasteiger partial charge in [0.15, 0.2) is 0 Å². The van der Waals surface area contributed by atoms with Crippen LogP contribution in [0.4, 0.5) is 0 Å². The zero-order valence-corrected chi connectivity index (χ0v) is 10.9. The summed E-state index contributed by atoms with van der Waals surface area (Å²) in [5.74, 6) is -0.207. The van der Waals surface area contributed by atoms with Gasteiger partial charge >= 0.3 is 0 Å². The van der Waals surface area contributed by atoms with Crippen LogP contribution >= 0.6 is 0 Å². The van der Waals surface area contributed by atoms with E-state index in [2.05, 4.69) is 9.88 Å². The highest BCUT2D eigenvalue weighted by atomic mass is 16.2. The fourth-order valence-electron chi connectivity index (χ4n) is 1.93. The van der Waals surface area contributed by atoms with Crippen molar-refractivity contribution >= 4 is 12.0 Å². The van der Waals surface area contributed by atoms with E-state index < -0.39 is 0 Å². The Labute approximate surface area is 112 Å². The largest absolute Gasteiger partial charge is 0.335 e. The summed E-state index contributed by atoms with van der Waals surface area (Å²) in [4.78, 5) is 20.2. The van der Waals surface area contributed by atoms with E-state index in [-0.39, 0.29) is 11.5 Å². The number of likely N-dealkylation sites (N-methyl/N-ethyl adjacent to an activating group) is 1. The molecule has 0 atom stereocenters. The number of pyridine rings is 1. The van der Waals surface area contributed by atoms with Crippen molar-refractivity contribution in [1.82, 2.24) is 14.8 Å². The minimum Gasteiger partial charge on any atom is -0.335 e. The van der Waals surface area contributed by atoms with E-state index >= 15 is 0 Å². The van der Waals surface area contributed by atoms with Gasteiger partial charge < -0.3 is 9.80 Å². The van der Waals surface area contributed by atoms with Crippen LogP contribution < -0.4 is 0 Å². The van der Waals surface area contributed by atoms with Crippen molar-refractivity contribution < 1.29 is 4.79 Å². The standard InChI is InChI=1S/C14H16N4O/c1-17-6-8-18(9-7-17)14(19)12(11-15)10-13-4-2-3-5-16-13/h2-5,10H,6-9H2,1H3/b12-10+. The smallest absolute Gasteiger partial charge is 0.264 e. The van der Waals surface area contributed by atoms with Gasteiger partial charge in [0, 0.05) is 32.4 Å². The fraction of sp³-hybridized carbons (Fsp3) is 0.357. The van der Waals surface area contributed by atoms with Gasteiger partial charge in [-0.05, 0) is 25.3 Å². The van der Waals surface area contributed by atoms with Gasteiger partial charge in [-0.15, -0.1) is 0 Å². The molecule has 1 aliphatic rings. The average Bonchev–Trinajstić information content (AvgIpc) is 2.46. The molecule has 0 aromatic carbocycles. The summed E-state index contributed by atoms with van der Waals surface area (Å²) >= 11 is 0. The van der Waals surface area contributed by atoms with Crippen molar-refractivity contribution in [3.05, 3.63) is 35.7 Å². The summed E-state index contributed by atoms with van der Waals surface area (Å²) < 4.78 is 0. The third-order valence-electron chi connectivity index (χ3n) is 3.12. The molecule has 1 aromatic heterocycles. The molecule has 98 valence electrons. The van der Waals surface area contributed by atoms with Gasteiger partial charge in [-0.25, -0.2) is 0 Å². The van der Waals surface area contributed by atoms with Gasteiger partial charge in [-0.2, -0.15) is 5.26 Å². The Morgan fingerprint density at radius 3 is 2.68 bits per heavy atom. The average molecular weight is 256 g/mol. The molecule has 0 bridgehead atoms. The number of carbonyl (C=O) groups is 1. The molecule has 2 heterocycles. The highest BCUT2D eigenvalue weighted by Gasteiger charge is 2.22. The number of aromatic nitrogens is 1. The van der Waals surface area contributed by atoms with E-state index in [0.717, 1.165) is 13.1 Å². The third-order valence-corrected chi connectivity index (χ3v) is 3.12. The van der Waals surface area contributed by atoms with Crippen molar-refractivity contribution in [2.45, 2.75) is 0 Å². The lowest BCUT2D eigenvalue weighted by molar-refractivity contribution is -0.128. The number of hydrogen-bond acceptors (Lipinski definition) is 4. The Kier molecular flexibility index (Phi) is 4.26. The molecule has 0 saturated carbocycles. The molecule has 19 heavy (non-hydrogen) atoms. The zero-order valence-electron chi connectivity index (χ0n) is 10.9. The number of hydrogen-bond donors (Lipinski definition) is 0. The Morgan fingerprint density at radius 1 is 1.37 bits per heavy atom. The number of rotatable bonds is 2. The summed E-state index contributed by atoms with van der Waals surface area (Å²) in [7, 11) is 2.02. The Bertz CT molecular complexity index is 510. The van der Waals surface area contributed by atoms with Gasteiger partial charge in [0.05, 0.1) is 5.69 Å². The molecule has 0 spiro atoms. The lowest BCUT2D eigenvalue weighted by Gasteiger charge is -2.32. The van der Waals surface area contributed by atoms with Crippen molar-refractivity contribution in [1.29, 1.82) is 5.26 Å². The molecule has 1 aromatic rings. The Morgan fingerprint density at radius 2 is 2.11 bits per heavy atom. The van der Waals surface area contributed by atoms with E-state index in [1.54, 1.807) is 29.3 Å². The zero-order chi connectivity index (χ0) is 13.7. The van der Waals surface area contributed by atoms with E-state index in [1.165, 1.54) is 0 Å². The van der Waals surface area contributed by atoms with Crippen LogP contribution in [0.5, 0.6) is 0 Å². The van der Waals surface area contributed by atoms with Crippen molar-refractivity contribution in [2.75, 3.05) is 33.2 Å². The summed E-state index contributed by atoms with van der Waals surface area (Å²) in [6, 6.07) is 7.37. The SMILES string of the molecule is CN1CCN(C(=O)/C(C#N)=C/c2ccccn2)CC1. The van der Waals surface area contributed by atoms with Crippen LogP contribution in [0, 0.1) is 11.3 Å². The van der Waals surface area contributed by atoms with E-state index in [9.17, 15) is 4.79 Å². The molecular formula is C14H16N4O. The van der Waals surface area contributed by atoms with Crippen molar-refractivity contribution in [3.63, 3.8) is 0 Å². The predicted octanol–water partition coefficient (Wildman–Crippen LogP) is 0.763. The van der Waals surface area contributed by atoms with Gasteiger partial charge in [0.1, 0.15) is 11.6 Å². The second kappa shape index (κ2) is 6.12. The molecule has 5 heteroatoms. The molecule has 5 nitrogen and oxygen atoms in total. The van der Waals surface area contributed by atoms with Crippen LogP contribution in [0.1, 0.15) is 5.69 Å². The molecule has 1 fully saturated rings. The van der Waals surface area contributed by atoms with Crippen LogP contribution in [0.15, 0.2) is 30.0 Å². The summed E-state index contributed by atoms with van der Waals surface area (Å²) in [5, 5.41) is 9.14. The van der Waals surface area contributed by atoms with Gasteiger partial charge in [-0.3, -0.25) is 9.78 Å². The molecule has 0 aliphatic carbocycles. The van der Waals surface area contributed by atoms with Crippen LogP contribution in [0.25, 0.3) is 6.08 Å². The first kappa shape index (κ1) is 13.2. The number of nitrogens with zero attached hydrogens (tertiary/aromatic N) is 4. The maximum absolute atomic E-state index is 12.2. The molecule has 1 saturated heterocycles. The minimum absolute atomic E-state index is 0.142. The molecule has 2 rings (SSSR count). The first-order valence-electron chi connectivity index (χ1n) is 6.21. The molecule has 1 aliphatic heterocycles. The highest BCUT2D eigenvalue weighted by molar-refractivity contribution is 6.01. The maximum atomic E-state index is 12.2. The Hall–Kier alpha value is -2.19. The van der Waals surface area contributed by atoms with Crippen LogP contribution in [-0.2, 0) is 4.79 Å². The van der Waals surface area contributed by atoms with Crippen LogP contribution in [0.3, 0.4) is 0 Å². The summed E-state index contributed by atoms with van der Waals surface area (Å²) in [6.45, 7) is 3.01. The third kappa shape index (κ3) is 3.39. The highest BCUT2D eigenvalue weighted by Crippen LogP contribution is 2.09.